The molecule has 0 aliphatic carbocycles. The van der Waals surface area contributed by atoms with E-state index in [1.807, 2.05) is 6.07 Å². The van der Waals surface area contributed by atoms with Crippen LogP contribution in [0.3, 0.4) is 0 Å². The number of benzene rings is 5. The van der Waals surface area contributed by atoms with Crippen molar-refractivity contribution in [3.63, 3.8) is 0 Å². The Morgan fingerprint density at radius 3 is 1.56 bits per heavy atom. The van der Waals surface area contributed by atoms with E-state index in [4.69, 9.17) is 0 Å². The van der Waals surface area contributed by atoms with Gasteiger partial charge in [-0.1, -0.05) is 6.07 Å². The summed E-state index contributed by atoms with van der Waals surface area (Å²) in [6, 6.07) is 19.4. The van der Waals surface area contributed by atoms with E-state index in [2.05, 4.69) is 20.6 Å². The fraction of sp³-hybridized carbons (Fsp3) is 0.163. The molecule has 10 nitrogen and oxygen atoms in total. The molecule has 0 bridgehead atoms. The molecule has 59 heavy (non-hydrogen) atoms. The minimum atomic E-state index is -1.31. The summed E-state index contributed by atoms with van der Waals surface area (Å²) >= 11 is 2.86. The number of amides is 4. The second-order valence-corrected chi connectivity index (χ2v) is 15.5. The number of nitrogens with one attached hydrogen (secondary N) is 2. The number of aromatic nitrogens is 2. The molecule has 16 heteroatoms. The summed E-state index contributed by atoms with van der Waals surface area (Å²) in [5.41, 5.74) is 6.01. The number of thiazole rings is 2. The van der Waals surface area contributed by atoms with E-state index >= 15 is 0 Å². The summed E-state index contributed by atoms with van der Waals surface area (Å²) in [4.78, 5) is 66.9. The molecular formula is C43H34F4N6O4S2. The number of halogens is 4. The molecule has 0 spiro atoms. The monoisotopic (exact) mass is 838 g/mol. The van der Waals surface area contributed by atoms with Gasteiger partial charge in [-0.25, -0.2) is 27.5 Å². The Balaban J connectivity index is 1.12. The minimum Gasteiger partial charge on any atom is -0.340 e. The molecule has 0 radical (unpaired) electrons. The largest absolute Gasteiger partial charge is 0.340 e. The van der Waals surface area contributed by atoms with Crippen LogP contribution in [-0.4, -0.2) is 59.8 Å². The summed E-state index contributed by atoms with van der Waals surface area (Å²) in [5, 5.41) is 5.40. The SMILES string of the molecule is CN(C(=O)[C@H](CCc1cc(F)cc(F)c1)NC(=O)c1cccc(C(=O)N[C@@H](Cc2cc(F)cc(F)c2)C(=O)N(C)c2ccc3scnc3c2)c1)c1ccc2scnc2c1. The van der Waals surface area contributed by atoms with Gasteiger partial charge in [-0.05, 0) is 103 Å². The van der Waals surface area contributed by atoms with Crippen molar-refractivity contribution in [2.75, 3.05) is 23.9 Å². The molecule has 7 aromatic rings. The van der Waals surface area contributed by atoms with Crippen LogP contribution < -0.4 is 20.4 Å². The van der Waals surface area contributed by atoms with Crippen LogP contribution in [0.2, 0.25) is 0 Å². The van der Waals surface area contributed by atoms with E-state index in [0.29, 0.717) is 28.5 Å². The first-order chi connectivity index (χ1) is 28.3. The third kappa shape index (κ3) is 9.62. The van der Waals surface area contributed by atoms with Crippen molar-refractivity contribution in [1.29, 1.82) is 0 Å². The Morgan fingerprint density at radius 1 is 0.593 bits per heavy atom. The fourth-order valence-electron chi connectivity index (χ4n) is 6.60. The van der Waals surface area contributed by atoms with E-state index in [0.717, 1.165) is 39.7 Å². The number of carbonyl (C=O) groups is 4. The lowest BCUT2D eigenvalue weighted by Crippen LogP contribution is -2.49. The lowest BCUT2D eigenvalue weighted by atomic mass is 10.0. The van der Waals surface area contributed by atoms with Crippen molar-refractivity contribution in [3.8, 4) is 0 Å². The number of anilines is 2. The van der Waals surface area contributed by atoms with Crippen LogP contribution in [0.1, 0.15) is 38.3 Å². The lowest BCUT2D eigenvalue weighted by molar-refractivity contribution is -0.120. The molecule has 300 valence electrons. The van der Waals surface area contributed by atoms with Gasteiger partial charge in [0, 0.05) is 55.2 Å². The number of hydrogen-bond donors (Lipinski definition) is 2. The second-order valence-electron chi connectivity index (χ2n) is 13.7. The normalized spacial score (nSPS) is 12.2. The van der Waals surface area contributed by atoms with Crippen molar-refractivity contribution in [3.05, 3.63) is 154 Å². The zero-order valence-corrected chi connectivity index (χ0v) is 33.1. The summed E-state index contributed by atoms with van der Waals surface area (Å²) < 4.78 is 58.4. The highest BCUT2D eigenvalue weighted by Crippen LogP contribution is 2.26. The molecule has 0 aliphatic rings. The number of carbonyl (C=O) groups excluding carboxylic acids is 4. The number of aryl methyl sites for hydroxylation is 1. The fourth-order valence-corrected chi connectivity index (χ4v) is 7.92. The second kappa shape index (κ2) is 17.5. The van der Waals surface area contributed by atoms with Crippen LogP contribution in [0.25, 0.3) is 20.4 Å². The van der Waals surface area contributed by atoms with Gasteiger partial charge in [0.25, 0.3) is 11.8 Å². The van der Waals surface area contributed by atoms with Crippen molar-refractivity contribution in [2.24, 2.45) is 0 Å². The van der Waals surface area contributed by atoms with Gasteiger partial charge < -0.3 is 20.4 Å². The first kappa shape index (κ1) is 40.7. The molecule has 4 amide bonds. The smallest absolute Gasteiger partial charge is 0.251 e. The van der Waals surface area contributed by atoms with E-state index in [1.54, 1.807) is 41.4 Å². The highest BCUT2D eigenvalue weighted by atomic mass is 32.1. The number of fused-ring (bicyclic) bond motifs is 2. The predicted octanol–water partition coefficient (Wildman–Crippen LogP) is 7.86. The summed E-state index contributed by atoms with van der Waals surface area (Å²) in [5.74, 6) is -5.90. The highest BCUT2D eigenvalue weighted by Gasteiger charge is 2.29. The number of likely N-dealkylation sites (N-methyl/N-ethyl adjacent to an activating group) is 2. The highest BCUT2D eigenvalue weighted by molar-refractivity contribution is 7.17. The zero-order chi connectivity index (χ0) is 41.8. The molecule has 2 N–H and O–H groups in total. The van der Waals surface area contributed by atoms with Gasteiger partial charge in [0.05, 0.1) is 31.5 Å². The Bertz CT molecular complexity index is 2680. The van der Waals surface area contributed by atoms with Gasteiger partial charge in [0.2, 0.25) is 11.8 Å². The minimum absolute atomic E-state index is 0.0115. The maximum Gasteiger partial charge on any atom is 0.251 e. The summed E-state index contributed by atoms with van der Waals surface area (Å²) in [6.45, 7) is 0. The van der Waals surface area contributed by atoms with E-state index in [9.17, 15) is 36.7 Å². The van der Waals surface area contributed by atoms with E-state index < -0.39 is 59.0 Å². The van der Waals surface area contributed by atoms with Gasteiger partial charge in [0.1, 0.15) is 35.4 Å². The predicted molar refractivity (Wildman–Crippen MR) is 220 cm³/mol. The molecule has 0 saturated carbocycles. The third-order valence-corrected chi connectivity index (χ3v) is 11.3. The zero-order valence-electron chi connectivity index (χ0n) is 31.4. The van der Waals surface area contributed by atoms with Crippen LogP contribution in [0.4, 0.5) is 28.9 Å². The average molecular weight is 839 g/mol. The van der Waals surface area contributed by atoms with Crippen LogP contribution in [-0.2, 0) is 22.4 Å². The third-order valence-electron chi connectivity index (χ3n) is 9.66. The topological polar surface area (TPSA) is 125 Å². The van der Waals surface area contributed by atoms with Crippen molar-refractivity contribution in [1.82, 2.24) is 20.6 Å². The van der Waals surface area contributed by atoms with Gasteiger partial charge in [-0.3, -0.25) is 19.2 Å². The summed E-state index contributed by atoms with van der Waals surface area (Å²) in [6.07, 6.45) is -0.279. The molecule has 5 aromatic carbocycles. The maximum absolute atomic E-state index is 14.2. The standard InChI is InChI=1S/C43H34F4N6O4S2/c1-52(32-7-10-38-35(20-32)48-22-58-38)42(56)34(9-6-24-12-28(44)18-29(45)13-24)50-40(54)26-4-3-5-27(17-26)41(55)51-37(16-25-14-30(46)19-31(47)15-25)43(57)53(2)33-8-11-39-36(21-33)49-23-59-39/h3-5,7-8,10-15,17-23,34,37H,6,9,16H2,1-2H3,(H,50,54)(H,51,55)/t34-,37-/m0/s1. The van der Waals surface area contributed by atoms with Gasteiger partial charge in [-0.15, -0.1) is 22.7 Å². The molecule has 0 fully saturated rings. The quantitative estimate of drug-likeness (QED) is 0.114. The average Bonchev–Trinajstić information content (AvgIpc) is 3.89. The van der Waals surface area contributed by atoms with Crippen molar-refractivity contribution < 1.29 is 36.7 Å². The maximum atomic E-state index is 14.2. The Labute approximate surface area is 343 Å². The summed E-state index contributed by atoms with van der Waals surface area (Å²) in [7, 11) is 3.04. The Kier molecular flexibility index (Phi) is 12.1. The molecular weight excluding hydrogens is 805 g/mol. The molecule has 7 rings (SSSR count). The number of nitrogens with zero attached hydrogens (tertiary/aromatic N) is 4. The number of hydrogen-bond acceptors (Lipinski definition) is 8. The van der Waals surface area contributed by atoms with E-state index in [-0.39, 0.29) is 41.5 Å². The Morgan fingerprint density at radius 2 is 1.05 bits per heavy atom. The van der Waals surface area contributed by atoms with Gasteiger partial charge in [-0.2, -0.15) is 0 Å². The van der Waals surface area contributed by atoms with Gasteiger partial charge in [0.15, 0.2) is 0 Å². The van der Waals surface area contributed by atoms with Crippen molar-refractivity contribution >= 4 is 78.1 Å². The lowest BCUT2D eigenvalue weighted by Gasteiger charge is -2.25. The first-order valence-electron chi connectivity index (χ1n) is 18.1. The van der Waals surface area contributed by atoms with E-state index in [1.165, 1.54) is 70.8 Å². The van der Waals surface area contributed by atoms with Crippen LogP contribution in [0, 0.1) is 23.3 Å². The molecule has 2 aromatic heterocycles. The molecule has 2 atom stereocenters. The molecule has 0 saturated heterocycles. The molecule has 0 aliphatic heterocycles. The number of rotatable bonds is 13. The molecule has 0 unspecified atom stereocenters. The molecule has 2 heterocycles. The van der Waals surface area contributed by atoms with Crippen LogP contribution in [0.15, 0.2) is 108 Å². The van der Waals surface area contributed by atoms with Crippen molar-refractivity contribution in [2.45, 2.75) is 31.3 Å². The first-order valence-corrected chi connectivity index (χ1v) is 19.9. The van der Waals surface area contributed by atoms with Gasteiger partial charge >= 0.3 is 0 Å². The Hall–Kier alpha value is -6.52. The van der Waals surface area contributed by atoms with Crippen LogP contribution in [0.5, 0.6) is 0 Å². The van der Waals surface area contributed by atoms with Crippen LogP contribution >= 0.6 is 22.7 Å².